The molecule has 0 atom stereocenters. The van der Waals surface area contributed by atoms with Crippen molar-refractivity contribution in [1.29, 1.82) is 0 Å². The SMILES string of the molecule is NC(=O)c1cccc(F)c1-c1ncc(-c2ccc(F)cc2)s1.OCCCc1ccccc1O. The first-order valence-electron chi connectivity index (χ1n) is 10.1. The fourth-order valence-corrected chi connectivity index (χ4v) is 4.06. The van der Waals surface area contributed by atoms with Gasteiger partial charge in [-0.05, 0) is 54.3 Å². The minimum atomic E-state index is -0.715. The maximum atomic E-state index is 14.1. The summed E-state index contributed by atoms with van der Waals surface area (Å²) in [5.74, 6) is -1.29. The highest BCUT2D eigenvalue weighted by Gasteiger charge is 2.18. The van der Waals surface area contributed by atoms with Crippen LogP contribution < -0.4 is 5.73 Å². The molecule has 0 unspecified atom stereocenters. The molecule has 8 heteroatoms. The minimum Gasteiger partial charge on any atom is -0.508 e. The number of aryl methyl sites for hydroxylation is 1. The number of phenols is 1. The summed E-state index contributed by atoms with van der Waals surface area (Å²) in [6.07, 6.45) is 3.01. The molecule has 33 heavy (non-hydrogen) atoms. The molecule has 0 aliphatic rings. The number of aliphatic hydroxyl groups excluding tert-OH is 1. The van der Waals surface area contributed by atoms with E-state index in [4.69, 9.17) is 10.8 Å². The number of hydrogen-bond donors (Lipinski definition) is 3. The van der Waals surface area contributed by atoms with Gasteiger partial charge in [-0.1, -0.05) is 36.4 Å². The van der Waals surface area contributed by atoms with E-state index in [2.05, 4.69) is 4.98 Å². The molecule has 0 spiro atoms. The van der Waals surface area contributed by atoms with Crippen molar-refractivity contribution in [2.24, 2.45) is 5.73 Å². The number of carbonyl (C=O) groups excluding carboxylic acids is 1. The van der Waals surface area contributed by atoms with Crippen LogP contribution in [0.3, 0.4) is 0 Å². The van der Waals surface area contributed by atoms with Crippen LogP contribution in [0.1, 0.15) is 22.3 Å². The van der Waals surface area contributed by atoms with Crippen LogP contribution in [0.2, 0.25) is 0 Å². The Morgan fingerprint density at radius 3 is 2.39 bits per heavy atom. The molecule has 1 amide bonds. The molecule has 0 radical (unpaired) electrons. The van der Waals surface area contributed by atoms with Crippen LogP contribution in [0.4, 0.5) is 8.78 Å². The van der Waals surface area contributed by atoms with E-state index < -0.39 is 11.7 Å². The van der Waals surface area contributed by atoms with Gasteiger partial charge in [0.15, 0.2) is 0 Å². The predicted octanol–water partition coefficient (Wildman–Crippen LogP) is 5.17. The monoisotopic (exact) mass is 468 g/mol. The molecule has 4 rings (SSSR count). The molecule has 0 saturated heterocycles. The number of amides is 1. The number of nitrogens with zero attached hydrogens (tertiary/aromatic N) is 1. The normalized spacial score (nSPS) is 10.4. The van der Waals surface area contributed by atoms with Crippen molar-refractivity contribution in [3.8, 4) is 26.8 Å². The number of para-hydroxylation sites is 1. The molecule has 4 aromatic rings. The van der Waals surface area contributed by atoms with Crippen LogP contribution in [0.5, 0.6) is 5.75 Å². The number of aromatic nitrogens is 1. The summed E-state index contributed by atoms with van der Waals surface area (Å²) < 4.78 is 27.0. The van der Waals surface area contributed by atoms with Crippen LogP contribution in [0.15, 0.2) is 72.9 Å². The van der Waals surface area contributed by atoms with Gasteiger partial charge in [-0.25, -0.2) is 13.8 Å². The van der Waals surface area contributed by atoms with Crippen LogP contribution >= 0.6 is 11.3 Å². The van der Waals surface area contributed by atoms with Crippen molar-refractivity contribution in [3.05, 3.63) is 95.7 Å². The lowest BCUT2D eigenvalue weighted by Gasteiger charge is -2.04. The number of phenolic OH excluding ortho intramolecular Hbond substituents is 1. The second-order valence-corrected chi connectivity index (χ2v) is 8.05. The number of aliphatic hydroxyl groups is 1. The molecule has 0 fully saturated rings. The van der Waals surface area contributed by atoms with Crippen LogP contribution in [-0.4, -0.2) is 27.7 Å². The molecule has 3 aromatic carbocycles. The van der Waals surface area contributed by atoms with Crippen LogP contribution in [0.25, 0.3) is 21.0 Å². The third-order valence-corrected chi connectivity index (χ3v) is 5.79. The second-order valence-electron chi connectivity index (χ2n) is 7.02. The maximum Gasteiger partial charge on any atom is 0.249 e. The Labute approximate surface area is 193 Å². The summed E-state index contributed by atoms with van der Waals surface area (Å²) >= 11 is 1.21. The largest absolute Gasteiger partial charge is 0.508 e. The highest BCUT2D eigenvalue weighted by atomic mass is 32.1. The van der Waals surface area contributed by atoms with E-state index in [1.54, 1.807) is 30.5 Å². The number of primary amides is 1. The van der Waals surface area contributed by atoms with Crippen molar-refractivity contribution in [2.45, 2.75) is 12.8 Å². The first kappa shape index (κ1) is 24.0. The summed E-state index contributed by atoms with van der Waals surface area (Å²) in [6, 6.07) is 17.2. The number of aromatic hydroxyl groups is 1. The number of halogens is 2. The highest BCUT2D eigenvalue weighted by molar-refractivity contribution is 7.18. The lowest BCUT2D eigenvalue weighted by atomic mass is 10.1. The van der Waals surface area contributed by atoms with Crippen molar-refractivity contribution in [2.75, 3.05) is 6.61 Å². The number of benzene rings is 3. The van der Waals surface area contributed by atoms with Crippen LogP contribution in [0, 0.1) is 11.6 Å². The van der Waals surface area contributed by atoms with E-state index in [0.717, 1.165) is 22.4 Å². The van der Waals surface area contributed by atoms with E-state index in [-0.39, 0.29) is 23.6 Å². The zero-order valence-corrected chi connectivity index (χ0v) is 18.4. The Hall–Kier alpha value is -3.62. The molecule has 0 aliphatic carbocycles. The Balaban J connectivity index is 0.000000235. The quantitative estimate of drug-likeness (QED) is 0.364. The molecule has 0 aliphatic heterocycles. The fraction of sp³-hybridized carbons (Fsp3) is 0.120. The van der Waals surface area contributed by atoms with Gasteiger partial charge in [0.1, 0.15) is 22.4 Å². The second kappa shape index (κ2) is 11.3. The van der Waals surface area contributed by atoms with E-state index in [9.17, 15) is 18.7 Å². The van der Waals surface area contributed by atoms with Gasteiger partial charge in [0, 0.05) is 12.8 Å². The molecule has 0 saturated carbocycles. The average Bonchev–Trinajstić information content (AvgIpc) is 3.29. The van der Waals surface area contributed by atoms with Gasteiger partial charge in [-0.15, -0.1) is 11.3 Å². The Kier molecular flexibility index (Phi) is 8.23. The maximum absolute atomic E-state index is 14.1. The number of hydrogen-bond acceptors (Lipinski definition) is 5. The first-order valence-corrected chi connectivity index (χ1v) is 10.9. The molecule has 1 aromatic heterocycles. The zero-order chi connectivity index (χ0) is 23.8. The lowest BCUT2D eigenvalue weighted by Crippen LogP contribution is -2.13. The number of thiazole rings is 1. The molecule has 5 nitrogen and oxygen atoms in total. The van der Waals surface area contributed by atoms with Crippen molar-refractivity contribution in [1.82, 2.24) is 4.98 Å². The van der Waals surface area contributed by atoms with Gasteiger partial charge >= 0.3 is 0 Å². The summed E-state index contributed by atoms with van der Waals surface area (Å²) in [5, 5.41) is 18.1. The molecular weight excluding hydrogens is 446 g/mol. The zero-order valence-electron chi connectivity index (χ0n) is 17.5. The standard InChI is InChI=1S/C16H10F2N2OS.C9H12O2/c17-10-6-4-9(5-7-10)13-8-20-16(22-13)14-11(15(19)21)2-1-3-12(14)18;10-7-3-5-8-4-1-2-6-9(8)11/h1-8H,(H2,19,21);1-2,4,6,10-11H,3,5,7H2. The molecule has 0 bridgehead atoms. The van der Waals surface area contributed by atoms with E-state index in [1.807, 2.05) is 12.1 Å². The third-order valence-electron chi connectivity index (χ3n) is 4.72. The molecular formula is C25H22F2N2O3S. The smallest absolute Gasteiger partial charge is 0.249 e. The average molecular weight is 469 g/mol. The predicted molar refractivity (Wildman–Crippen MR) is 125 cm³/mol. The van der Waals surface area contributed by atoms with E-state index in [0.29, 0.717) is 17.2 Å². The van der Waals surface area contributed by atoms with Gasteiger partial charge in [-0.3, -0.25) is 4.79 Å². The lowest BCUT2D eigenvalue weighted by molar-refractivity contribution is 0.100. The van der Waals surface area contributed by atoms with Gasteiger partial charge in [0.2, 0.25) is 5.91 Å². The molecule has 1 heterocycles. The molecule has 170 valence electrons. The first-order chi connectivity index (χ1) is 15.9. The third kappa shape index (κ3) is 6.21. The number of nitrogens with two attached hydrogens (primary N) is 1. The van der Waals surface area contributed by atoms with Gasteiger partial charge in [0.05, 0.1) is 16.0 Å². The Morgan fingerprint density at radius 1 is 1.00 bits per heavy atom. The Bertz CT molecular complexity index is 1230. The van der Waals surface area contributed by atoms with Crippen LogP contribution in [-0.2, 0) is 6.42 Å². The number of carbonyl (C=O) groups is 1. The minimum absolute atomic E-state index is 0.0833. The topological polar surface area (TPSA) is 96.4 Å². The Morgan fingerprint density at radius 2 is 1.73 bits per heavy atom. The van der Waals surface area contributed by atoms with Crippen molar-refractivity contribution < 1.29 is 23.8 Å². The van der Waals surface area contributed by atoms with Crippen molar-refractivity contribution >= 4 is 17.2 Å². The van der Waals surface area contributed by atoms with Gasteiger partial charge < -0.3 is 15.9 Å². The van der Waals surface area contributed by atoms with Gasteiger partial charge in [-0.2, -0.15) is 0 Å². The summed E-state index contributed by atoms with van der Waals surface area (Å²) in [6.45, 7) is 0.175. The summed E-state index contributed by atoms with van der Waals surface area (Å²) in [7, 11) is 0. The summed E-state index contributed by atoms with van der Waals surface area (Å²) in [5.41, 5.74) is 7.13. The number of rotatable bonds is 6. The van der Waals surface area contributed by atoms with E-state index in [1.165, 1.54) is 41.7 Å². The van der Waals surface area contributed by atoms with Crippen molar-refractivity contribution in [3.63, 3.8) is 0 Å². The summed E-state index contributed by atoms with van der Waals surface area (Å²) in [4.78, 5) is 16.4. The van der Waals surface area contributed by atoms with E-state index >= 15 is 0 Å². The van der Waals surface area contributed by atoms with Gasteiger partial charge in [0.25, 0.3) is 0 Å². The molecule has 4 N–H and O–H groups in total. The fourth-order valence-electron chi connectivity index (χ4n) is 3.08. The highest BCUT2D eigenvalue weighted by Crippen LogP contribution is 2.35.